The highest BCUT2D eigenvalue weighted by molar-refractivity contribution is 9.11. The molecule has 3 nitrogen and oxygen atoms in total. The summed E-state index contributed by atoms with van der Waals surface area (Å²) >= 11 is 6.90. The van der Waals surface area contributed by atoms with Crippen LogP contribution in [0.25, 0.3) is 0 Å². The molecule has 0 aromatic carbocycles. The lowest BCUT2D eigenvalue weighted by atomic mass is 10.2. The minimum Gasteiger partial charge on any atom is -0.345 e. The predicted octanol–water partition coefficient (Wildman–Crippen LogP) is 4.12. The van der Waals surface area contributed by atoms with Crippen LogP contribution in [-0.2, 0) is 6.54 Å². The highest BCUT2D eigenvalue weighted by Crippen LogP contribution is 2.28. The molecule has 2 aromatic rings. The van der Waals surface area contributed by atoms with Gasteiger partial charge in [-0.15, -0.1) is 21.5 Å². The van der Waals surface area contributed by atoms with Gasteiger partial charge >= 0.3 is 0 Å². The second-order valence-corrected chi connectivity index (χ2v) is 7.67. The van der Waals surface area contributed by atoms with E-state index in [0.717, 1.165) is 16.7 Å². The molecule has 0 fully saturated rings. The van der Waals surface area contributed by atoms with Gasteiger partial charge in [-0.05, 0) is 28.1 Å². The Labute approximate surface area is 118 Å². The van der Waals surface area contributed by atoms with Gasteiger partial charge in [0.05, 0.1) is 10.3 Å². The maximum atomic E-state index is 4.23. The third kappa shape index (κ3) is 3.26. The number of thiophene rings is 1. The van der Waals surface area contributed by atoms with Crippen LogP contribution in [0.1, 0.15) is 29.7 Å². The molecule has 2 rings (SSSR count). The number of halogens is 1. The fourth-order valence-electron chi connectivity index (χ4n) is 1.35. The number of rotatable bonds is 4. The van der Waals surface area contributed by atoms with Crippen molar-refractivity contribution in [2.24, 2.45) is 0 Å². The lowest BCUT2D eigenvalue weighted by Gasteiger charge is -2.13. The molecule has 0 saturated heterocycles. The lowest BCUT2D eigenvalue weighted by Crippen LogP contribution is -2.15. The Morgan fingerprint density at radius 2 is 2.06 bits per heavy atom. The molecule has 2 heterocycles. The first-order valence-corrected chi connectivity index (χ1v) is 7.77. The van der Waals surface area contributed by atoms with Gasteiger partial charge in [-0.25, -0.2) is 0 Å². The van der Waals surface area contributed by atoms with Gasteiger partial charge in [-0.1, -0.05) is 25.2 Å². The van der Waals surface area contributed by atoms with Crippen LogP contribution in [0.5, 0.6) is 0 Å². The van der Waals surface area contributed by atoms with Crippen LogP contribution in [0.2, 0.25) is 0 Å². The van der Waals surface area contributed by atoms with Crippen molar-refractivity contribution in [1.82, 2.24) is 10.2 Å². The van der Waals surface area contributed by atoms with Gasteiger partial charge in [-0.2, -0.15) is 0 Å². The van der Waals surface area contributed by atoms with Crippen LogP contribution in [-0.4, -0.2) is 17.2 Å². The second-order valence-electron chi connectivity index (χ2n) is 4.14. The molecule has 0 unspecified atom stereocenters. The molecule has 0 amide bonds. The Balaban J connectivity index is 2.06. The summed E-state index contributed by atoms with van der Waals surface area (Å²) in [6, 6.07) is 4.21. The van der Waals surface area contributed by atoms with Crippen LogP contribution in [0, 0.1) is 0 Å². The van der Waals surface area contributed by atoms with Crippen molar-refractivity contribution < 1.29 is 0 Å². The van der Waals surface area contributed by atoms with E-state index in [2.05, 4.69) is 64.1 Å². The predicted molar refractivity (Wildman–Crippen MR) is 78.1 cm³/mol. The Hall–Kier alpha value is -0.460. The molecule has 0 aliphatic heterocycles. The highest BCUT2D eigenvalue weighted by atomic mass is 79.9. The molecule has 0 spiro atoms. The summed E-state index contributed by atoms with van der Waals surface area (Å²) in [5, 5.41) is 10.5. The minimum absolute atomic E-state index is 0.450. The van der Waals surface area contributed by atoms with Gasteiger partial charge in [-0.3, -0.25) is 0 Å². The van der Waals surface area contributed by atoms with Crippen molar-refractivity contribution in [2.75, 3.05) is 11.9 Å². The Kier molecular flexibility index (Phi) is 4.17. The zero-order chi connectivity index (χ0) is 12.4. The first-order chi connectivity index (χ1) is 8.06. The van der Waals surface area contributed by atoms with Crippen molar-refractivity contribution in [3.8, 4) is 0 Å². The fourth-order valence-corrected chi connectivity index (χ4v) is 3.70. The Bertz CT molecular complexity index is 492. The third-order valence-corrected chi connectivity index (χ3v) is 5.22. The van der Waals surface area contributed by atoms with Crippen LogP contribution in [0.4, 0.5) is 5.13 Å². The van der Waals surface area contributed by atoms with Gasteiger partial charge in [0.1, 0.15) is 5.01 Å². The molecule has 0 saturated carbocycles. The van der Waals surface area contributed by atoms with E-state index >= 15 is 0 Å². The molecule has 0 radical (unpaired) electrons. The summed E-state index contributed by atoms with van der Waals surface area (Å²) < 4.78 is 1.17. The average molecular weight is 332 g/mol. The number of nitrogens with zero attached hydrogens (tertiary/aromatic N) is 3. The summed E-state index contributed by atoms with van der Waals surface area (Å²) in [7, 11) is 2.05. The molecule has 0 aliphatic rings. The highest BCUT2D eigenvalue weighted by Gasteiger charge is 2.12. The van der Waals surface area contributed by atoms with E-state index in [-0.39, 0.29) is 0 Å². The molecule has 2 aromatic heterocycles. The molecular formula is C11H14BrN3S2. The molecule has 0 bridgehead atoms. The van der Waals surface area contributed by atoms with Crippen LogP contribution in [0.15, 0.2) is 15.9 Å². The smallest absolute Gasteiger partial charge is 0.208 e. The van der Waals surface area contributed by atoms with Gasteiger partial charge in [0.25, 0.3) is 0 Å². The molecule has 0 atom stereocenters. The first kappa shape index (κ1) is 13.0. The lowest BCUT2D eigenvalue weighted by molar-refractivity contribution is 0.818. The van der Waals surface area contributed by atoms with Crippen molar-refractivity contribution >= 4 is 43.7 Å². The number of hydrogen-bond donors (Lipinski definition) is 0. The van der Waals surface area contributed by atoms with E-state index < -0.39 is 0 Å². The maximum Gasteiger partial charge on any atom is 0.208 e. The molecule has 0 N–H and O–H groups in total. The van der Waals surface area contributed by atoms with Gasteiger partial charge < -0.3 is 4.90 Å². The van der Waals surface area contributed by atoms with E-state index in [9.17, 15) is 0 Å². The Morgan fingerprint density at radius 1 is 1.29 bits per heavy atom. The molecule has 92 valence electrons. The zero-order valence-electron chi connectivity index (χ0n) is 9.98. The minimum atomic E-state index is 0.450. The van der Waals surface area contributed by atoms with Crippen molar-refractivity contribution in [3.05, 3.63) is 25.8 Å². The first-order valence-electron chi connectivity index (χ1n) is 5.35. The normalized spacial score (nSPS) is 11.1. The molecule has 6 heteroatoms. The van der Waals surface area contributed by atoms with Crippen molar-refractivity contribution in [3.63, 3.8) is 0 Å². The van der Waals surface area contributed by atoms with E-state index in [1.165, 1.54) is 8.66 Å². The van der Waals surface area contributed by atoms with Crippen LogP contribution in [0.3, 0.4) is 0 Å². The fraction of sp³-hybridized carbons (Fsp3) is 0.455. The van der Waals surface area contributed by atoms with Gasteiger partial charge in [0.2, 0.25) is 5.13 Å². The molecule has 0 aliphatic carbocycles. The van der Waals surface area contributed by atoms with E-state index in [4.69, 9.17) is 0 Å². The quantitative estimate of drug-likeness (QED) is 0.843. The standard InChI is InChI=1S/C11H14BrN3S2/c1-7(2)10-13-14-11(17-10)15(3)6-8-4-5-9(12)16-8/h4-5,7H,6H2,1-3H3. The van der Waals surface area contributed by atoms with E-state index in [1.54, 1.807) is 22.7 Å². The van der Waals surface area contributed by atoms with Crippen LogP contribution >= 0.6 is 38.6 Å². The Morgan fingerprint density at radius 3 is 2.59 bits per heavy atom. The molecule has 17 heavy (non-hydrogen) atoms. The van der Waals surface area contributed by atoms with Crippen molar-refractivity contribution in [2.45, 2.75) is 26.3 Å². The SMILES string of the molecule is CC(C)c1nnc(N(C)Cc2ccc(Br)s2)s1. The van der Waals surface area contributed by atoms with Gasteiger partial charge in [0, 0.05) is 17.8 Å². The third-order valence-electron chi connectivity index (χ3n) is 2.27. The number of anilines is 1. The summed E-state index contributed by atoms with van der Waals surface area (Å²) in [5.41, 5.74) is 0. The monoisotopic (exact) mass is 331 g/mol. The topological polar surface area (TPSA) is 29.0 Å². The summed E-state index contributed by atoms with van der Waals surface area (Å²) in [6.07, 6.45) is 0. The van der Waals surface area contributed by atoms with Gasteiger partial charge in [0.15, 0.2) is 0 Å². The largest absolute Gasteiger partial charge is 0.345 e. The average Bonchev–Trinajstić information content (AvgIpc) is 2.86. The summed E-state index contributed by atoms with van der Waals surface area (Å²) in [4.78, 5) is 3.46. The molecular weight excluding hydrogens is 318 g/mol. The number of hydrogen-bond acceptors (Lipinski definition) is 5. The summed E-state index contributed by atoms with van der Waals surface area (Å²) in [5.74, 6) is 0.450. The van der Waals surface area contributed by atoms with Crippen LogP contribution < -0.4 is 4.90 Å². The van der Waals surface area contributed by atoms with Crippen molar-refractivity contribution in [1.29, 1.82) is 0 Å². The zero-order valence-corrected chi connectivity index (χ0v) is 13.2. The second kappa shape index (κ2) is 5.46. The number of aromatic nitrogens is 2. The van der Waals surface area contributed by atoms with E-state index in [0.29, 0.717) is 5.92 Å². The maximum absolute atomic E-state index is 4.23. The summed E-state index contributed by atoms with van der Waals surface area (Å²) in [6.45, 7) is 5.16. The van der Waals surface area contributed by atoms with E-state index in [1.807, 2.05) is 0 Å².